The summed E-state index contributed by atoms with van der Waals surface area (Å²) in [5.41, 5.74) is -0.513. The van der Waals surface area contributed by atoms with E-state index < -0.39 is 20.0 Å². The molecule has 0 heterocycles. The van der Waals surface area contributed by atoms with Gasteiger partial charge in [0.2, 0.25) is 0 Å². The van der Waals surface area contributed by atoms with Gasteiger partial charge < -0.3 is 19.2 Å². The Balaban J connectivity index is 4.76. The summed E-state index contributed by atoms with van der Waals surface area (Å²) in [5.74, 6) is -0.367. The number of amides is 1. The predicted molar refractivity (Wildman–Crippen MR) is 111 cm³/mol. The normalized spacial score (nSPS) is 14.1. The van der Waals surface area contributed by atoms with Gasteiger partial charge in [-0.2, -0.15) is 0 Å². The first-order valence-electron chi connectivity index (χ1n) is 9.67. The molecule has 27 heavy (non-hydrogen) atoms. The number of rotatable bonds is 9. The van der Waals surface area contributed by atoms with E-state index in [9.17, 15) is 9.59 Å². The van der Waals surface area contributed by atoms with E-state index in [1.54, 1.807) is 13.0 Å². The highest BCUT2D eigenvalue weighted by Gasteiger charge is 2.38. The van der Waals surface area contributed by atoms with E-state index in [1.807, 2.05) is 20.8 Å². The third-order valence-corrected chi connectivity index (χ3v) is 8.82. The molecule has 1 atom stereocenters. The minimum atomic E-state index is -1.99. The van der Waals surface area contributed by atoms with Crippen molar-refractivity contribution >= 4 is 20.4 Å². The topological polar surface area (TPSA) is 73.9 Å². The zero-order valence-corrected chi connectivity index (χ0v) is 19.6. The summed E-state index contributed by atoms with van der Waals surface area (Å²) in [5, 5.41) is 2.82. The Morgan fingerprint density at radius 3 is 2.19 bits per heavy atom. The molecule has 0 fully saturated rings. The molecule has 0 aliphatic heterocycles. The summed E-state index contributed by atoms with van der Waals surface area (Å²) in [7, 11) is -1.99. The SMILES string of the molecule is CCOC(=O)/C=C\[C@H](CCCNC(=O)OC(C)(C)C)O[Si](C)(C)C(C)(C)C. The number of hydrogen-bond donors (Lipinski definition) is 1. The van der Waals surface area contributed by atoms with Crippen LogP contribution in [0.3, 0.4) is 0 Å². The van der Waals surface area contributed by atoms with Crippen LogP contribution in [0.25, 0.3) is 0 Å². The molecule has 0 aromatic rings. The second-order valence-electron chi connectivity index (χ2n) is 9.10. The van der Waals surface area contributed by atoms with E-state index in [1.165, 1.54) is 6.08 Å². The van der Waals surface area contributed by atoms with Crippen molar-refractivity contribution in [2.75, 3.05) is 13.2 Å². The zero-order valence-electron chi connectivity index (χ0n) is 18.6. The maximum absolute atomic E-state index is 11.7. The van der Waals surface area contributed by atoms with Crippen molar-refractivity contribution in [2.45, 2.75) is 91.1 Å². The number of carbonyl (C=O) groups excluding carboxylic acids is 2. The number of hydrogen-bond acceptors (Lipinski definition) is 5. The molecule has 1 N–H and O–H groups in total. The van der Waals surface area contributed by atoms with Crippen LogP contribution < -0.4 is 5.32 Å². The lowest BCUT2D eigenvalue weighted by molar-refractivity contribution is -0.137. The van der Waals surface area contributed by atoms with Crippen LogP contribution in [0.1, 0.15) is 61.3 Å². The largest absolute Gasteiger partial charge is 0.463 e. The first kappa shape index (κ1) is 25.7. The van der Waals surface area contributed by atoms with Gasteiger partial charge in [0.25, 0.3) is 0 Å². The standard InChI is InChI=1S/C20H39NO5Si/c1-10-24-17(22)14-13-16(26-27(8,9)20(5,6)7)12-11-15-21-18(23)25-19(2,3)4/h13-14,16H,10-12,15H2,1-9H3,(H,21,23)/b14-13-/t16-/m0/s1. The zero-order chi connectivity index (χ0) is 21.3. The van der Waals surface area contributed by atoms with E-state index in [-0.39, 0.29) is 17.1 Å². The van der Waals surface area contributed by atoms with Crippen LogP contribution in [0.2, 0.25) is 18.1 Å². The molecule has 0 aliphatic rings. The van der Waals surface area contributed by atoms with Gasteiger partial charge in [-0.15, -0.1) is 0 Å². The Morgan fingerprint density at radius 2 is 1.70 bits per heavy atom. The lowest BCUT2D eigenvalue weighted by atomic mass is 10.2. The summed E-state index contributed by atoms with van der Waals surface area (Å²) >= 11 is 0. The first-order chi connectivity index (χ1) is 12.2. The van der Waals surface area contributed by atoms with E-state index in [0.29, 0.717) is 26.0 Å². The highest BCUT2D eigenvalue weighted by molar-refractivity contribution is 6.74. The van der Waals surface area contributed by atoms with Gasteiger partial charge in [-0.25, -0.2) is 9.59 Å². The van der Waals surface area contributed by atoms with Crippen LogP contribution in [0.4, 0.5) is 4.79 Å². The average molecular weight is 402 g/mol. The molecular formula is C20H39NO5Si. The van der Waals surface area contributed by atoms with Gasteiger partial charge in [-0.05, 0) is 64.7 Å². The molecule has 0 bridgehead atoms. The molecule has 0 spiro atoms. The molecule has 0 aromatic carbocycles. The van der Waals surface area contributed by atoms with Gasteiger partial charge in [0.15, 0.2) is 8.32 Å². The van der Waals surface area contributed by atoms with Crippen molar-refractivity contribution in [1.29, 1.82) is 0 Å². The average Bonchev–Trinajstić information content (AvgIpc) is 2.46. The molecule has 158 valence electrons. The Morgan fingerprint density at radius 1 is 1.11 bits per heavy atom. The number of alkyl carbamates (subject to hydrolysis) is 1. The van der Waals surface area contributed by atoms with E-state index in [0.717, 1.165) is 0 Å². The summed E-state index contributed by atoms with van der Waals surface area (Å²) in [6.45, 7) is 19.0. The van der Waals surface area contributed by atoms with Gasteiger partial charge in [0.05, 0.1) is 12.7 Å². The summed E-state index contributed by atoms with van der Waals surface area (Å²) in [6, 6.07) is 0. The van der Waals surface area contributed by atoms with Crippen molar-refractivity contribution in [1.82, 2.24) is 5.32 Å². The fourth-order valence-electron chi connectivity index (χ4n) is 1.93. The fraction of sp³-hybridized carbons (Fsp3) is 0.800. The minimum Gasteiger partial charge on any atom is -0.463 e. The Hall–Kier alpha value is -1.34. The molecule has 0 rings (SSSR count). The first-order valence-corrected chi connectivity index (χ1v) is 12.6. The maximum atomic E-state index is 11.7. The summed E-state index contributed by atoms with van der Waals surface area (Å²) in [4.78, 5) is 23.4. The van der Waals surface area contributed by atoms with Gasteiger partial charge in [0.1, 0.15) is 5.60 Å². The quantitative estimate of drug-likeness (QED) is 0.260. The second-order valence-corrected chi connectivity index (χ2v) is 13.9. The monoisotopic (exact) mass is 401 g/mol. The second kappa shape index (κ2) is 10.9. The Kier molecular flexibility index (Phi) is 10.3. The molecule has 0 aromatic heterocycles. The van der Waals surface area contributed by atoms with Crippen LogP contribution in [0.15, 0.2) is 12.2 Å². The molecule has 0 aliphatic carbocycles. The maximum Gasteiger partial charge on any atom is 0.407 e. The van der Waals surface area contributed by atoms with Gasteiger partial charge in [-0.1, -0.05) is 20.8 Å². The number of carbonyl (C=O) groups is 2. The van der Waals surface area contributed by atoms with E-state index >= 15 is 0 Å². The molecule has 7 heteroatoms. The number of esters is 1. The van der Waals surface area contributed by atoms with Crippen LogP contribution >= 0.6 is 0 Å². The van der Waals surface area contributed by atoms with Crippen molar-refractivity contribution in [3.8, 4) is 0 Å². The van der Waals surface area contributed by atoms with Gasteiger partial charge in [-0.3, -0.25) is 0 Å². The molecule has 0 unspecified atom stereocenters. The lowest BCUT2D eigenvalue weighted by Crippen LogP contribution is -2.43. The lowest BCUT2D eigenvalue weighted by Gasteiger charge is -2.38. The Bertz CT molecular complexity index is 503. The van der Waals surface area contributed by atoms with Crippen LogP contribution in [0, 0.1) is 0 Å². The molecule has 6 nitrogen and oxygen atoms in total. The van der Waals surface area contributed by atoms with Crippen molar-refractivity contribution < 1.29 is 23.5 Å². The predicted octanol–water partition coefficient (Wildman–Crippen LogP) is 4.80. The van der Waals surface area contributed by atoms with E-state index in [2.05, 4.69) is 39.2 Å². The number of nitrogens with one attached hydrogen (secondary N) is 1. The highest BCUT2D eigenvalue weighted by Crippen LogP contribution is 2.37. The van der Waals surface area contributed by atoms with Crippen LogP contribution in [-0.4, -0.2) is 45.2 Å². The molecule has 0 saturated heterocycles. The van der Waals surface area contributed by atoms with Crippen molar-refractivity contribution in [3.63, 3.8) is 0 Å². The minimum absolute atomic E-state index is 0.0672. The molecule has 0 saturated carbocycles. The molecule has 1 amide bonds. The Labute approximate surface area is 166 Å². The van der Waals surface area contributed by atoms with Gasteiger partial charge in [0, 0.05) is 12.6 Å². The third-order valence-electron chi connectivity index (χ3n) is 4.32. The number of ether oxygens (including phenoxy) is 2. The fourth-order valence-corrected chi connectivity index (χ4v) is 3.24. The summed E-state index contributed by atoms with van der Waals surface area (Å²) in [6.07, 6.45) is 3.99. The van der Waals surface area contributed by atoms with Crippen molar-refractivity contribution in [2.24, 2.45) is 0 Å². The van der Waals surface area contributed by atoms with Crippen LogP contribution in [0.5, 0.6) is 0 Å². The molecular weight excluding hydrogens is 362 g/mol. The summed E-state index contributed by atoms with van der Waals surface area (Å²) < 4.78 is 16.6. The molecule has 0 radical (unpaired) electrons. The van der Waals surface area contributed by atoms with Crippen LogP contribution in [-0.2, 0) is 18.7 Å². The highest BCUT2D eigenvalue weighted by atomic mass is 28.4. The van der Waals surface area contributed by atoms with Crippen molar-refractivity contribution in [3.05, 3.63) is 12.2 Å². The van der Waals surface area contributed by atoms with Gasteiger partial charge >= 0.3 is 12.1 Å². The smallest absolute Gasteiger partial charge is 0.407 e. The third kappa shape index (κ3) is 11.9. The van der Waals surface area contributed by atoms with E-state index in [4.69, 9.17) is 13.9 Å².